The van der Waals surface area contributed by atoms with Crippen molar-refractivity contribution < 1.29 is 19.1 Å². The number of esters is 1. The van der Waals surface area contributed by atoms with Crippen LogP contribution >= 0.6 is 23.4 Å². The lowest BCUT2D eigenvalue weighted by Crippen LogP contribution is -2.43. The van der Waals surface area contributed by atoms with Crippen LogP contribution in [0, 0.1) is 0 Å². The number of carbonyl (C=O) groups is 3. The van der Waals surface area contributed by atoms with Gasteiger partial charge in [0.25, 0.3) is 0 Å². The number of thioether (sulfide) groups is 1. The number of amides is 2. The highest BCUT2D eigenvalue weighted by molar-refractivity contribution is 8.15. The smallest absolute Gasteiger partial charge is 0.337 e. The summed E-state index contributed by atoms with van der Waals surface area (Å²) >= 11 is 7.15. The van der Waals surface area contributed by atoms with E-state index in [2.05, 4.69) is 15.0 Å². The molecule has 0 aromatic heterocycles. The molecule has 0 saturated carbocycles. The van der Waals surface area contributed by atoms with Crippen LogP contribution in [-0.4, -0.2) is 47.3 Å². The fraction of sp³-hybridized carbons (Fsp3) is 0.200. The molecule has 1 aliphatic heterocycles. The summed E-state index contributed by atoms with van der Waals surface area (Å²) in [7, 11) is 2.92. The van der Waals surface area contributed by atoms with E-state index in [0.717, 1.165) is 0 Å². The summed E-state index contributed by atoms with van der Waals surface area (Å²) in [5.41, 5.74) is 1.51. The summed E-state index contributed by atoms with van der Waals surface area (Å²) in [6.45, 7) is 0. The van der Waals surface area contributed by atoms with Crippen molar-refractivity contribution in [3.63, 3.8) is 0 Å². The van der Waals surface area contributed by atoms with Crippen molar-refractivity contribution in [2.75, 3.05) is 19.5 Å². The van der Waals surface area contributed by atoms with Gasteiger partial charge in [0.1, 0.15) is 5.25 Å². The Hall–Kier alpha value is -2.84. The molecule has 1 heterocycles. The van der Waals surface area contributed by atoms with Crippen LogP contribution in [0.5, 0.6) is 0 Å². The molecular weight excluding hydrogens is 414 g/mol. The van der Waals surface area contributed by atoms with Crippen molar-refractivity contribution >= 4 is 57.7 Å². The highest BCUT2D eigenvalue weighted by atomic mass is 35.5. The fourth-order valence-electron chi connectivity index (χ4n) is 2.59. The number of hydrogen-bond acceptors (Lipinski definition) is 6. The molecule has 3 rings (SSSR count). The Balaban J connectivity index is 1.76. The molecule has 1 atom stereocenters. The molecule has 1 saturated heterocycles. The molecule has 2 aromatic carbocycles. The van der Waals surface area contributed by atoms with E-state index in [1.807, 2.05) is 0 Å². The Kier molecular flexibility index (Phi) is 6.56. The number of benzene rings is 2. The van der Waals surface area contributed by atoms with Crippen molar-refractivity contribution in [2.24, 2.45) is 4.99 Å². The van der Waals surface area contributed by atoms with Crippen molar-refractivity contribution in [3.8, 4) is 0 Å². The maximum atomic E-state index is 12.6. The Morgan fingerprint density at radius 3 is 2.62 bits per heavy atom. The monoisotopic (exact) mass is 431 g/mol. The van der Waals surface area contributed by atoms with Crippen LogP contribution in [0.3, 0.4) is 0 Å². The van der Waals surface area contributed by atoms with Gasteiger partial charge in [0.2, 0.25) is 11.8 Å². The third-order valence-corrected chi connectivity index (χ3v) is 5.64. The standard InChI is InChI=1S/C20H18ClN3O4S/c1-24-17(25)11-16(18(26)22-15-5-3-4-13(21)10-15)29-20(24)23-14-8-6-12(7-9-14)19(27)28-2/h3-10,16H,11H2,1-2H3,(H,22,26)/t16-/m0/s1. The number of methoxy groups -OCH3 is 1. The first-order chi connectivity index (χ1) is 13.9. The van der Waals surface area contributed by atoms with Gasteiger partial charge in [0.05, 0.1) is 18.4 Å². The lowest BCUT2D eigenvalue weighted by molar-refractivity contribution is -0.128. The second-order valence-corrected chi connectivity index (χ2v) is 7.80. The van der Waals surface area contributed by atoms with Gasteiger partial charge in [-0.05, 0) is 42.5 Å². The average Bonchev–Trinajstić information content (AvgIpc) is 2.71. The number of halogens is 1. The van der Waals surface area contributed by atoms with Gasteiger partial charge in [0.15, 0.2) is 5.17 Å². The number of anilines is 1. The van der Waals surface area contributed by atoms with Crippen LogP contribution in [-0.2, 0) is 14.3 Å². The Bertz CT molecular complexity index is 978. The average molecular weight is 432 g/mol. The van der Waals surface area contributed by atoms with Gasteiger partial charge in [-0.25, -0.2) is 9.79 Å². The van der Waals surface area contributed by atoms with Gasteiger partial charge in [0, 0.05) is 24.2 Å². The highest BCUT2D eigenvalue weighted by Crippen LogP contribution is 2.29. The van der Waals surface area contributed by atoms with Crippen LogP contribution in [0.15, 0.2) is 53.5 Å². The zero-order valence-corrected chi connectivity index (χ0v) is 17.3. The molecule has 1 aliphatic rings. The number of nitrogens with zero attached hydrogens (tertiary/aromatic N) is 2. The molecule has 29 heavy (non-hydrogen) atoms. The van der Waals surface area contributed by atoms with E-state index < -0.39 is 11.2 Å². The molecule has 9 heteroatoms. The molecular formula is C20H18ClN3O4S. The van der Waals surface area contributed by atoms with E-state index in [9.17, 15) is 14.4 Å². The van der Waals surface area contributed by atoms with Crippen LogP contribution in [0.2, 0.25) is 5.02 Å². The van der Waals surface area contributed by atoms with Gasteiger partial charge in [-0.1, -0.05) is 29.4 Å². The number of hydrogen-bond donors (Lipinski definition) is 1. The number of amidine groups is 1. The van der Waals surface area contributed by atoms with E-state index in [0.29, 0.717) is 27.1 Å². The number of rotatable bonds is 4. The van der Waals surface area contributed by atoms with Crippen LogP contribution in [0.4, 0.5) is 11.4 Å². The first kappa shape index (κ1) is 20.9. The number of nitrogens with one attached hydrogen (secondary N) is 1. The molecule has 2 amide bonds. The minimum Gasteiger partial charge on any atom is -0.465 e. The zero-order valence-electron chi connectivity index (χ0n) is 15.7. The van der Waals surface area contributed by atoms with Crippen molar-refractivity contribution in [2.45, 2.75) is 11.7 Å². The Labute approximate surface area is 177 Å². The Morgan fingerprint density at radius 2 is 1.97 bits per heavy atom. The van der Waals surface area contributed by atoms with Crippen LogP contribution in [0.25, 0.3) is 0 Å². The van der Waals surface area contributed by atoms with E-state index in [1.54, 1.807) is 55.6 Å². The summed E-state index contributed by atoms with van der Waals surface area (Å²) in [4.78, 5) is 42.4. The largest absolute Gasteiger partial charge is 0.465 e. The first-order valence-corrected chi connectivity index (χ1v) is 9.90. The molecule has 1 fully saturated rings. The van der Waals surface area contributed by atoms with E-state index >= 15 is 0 Å². The number of aliphatic imine (C=N–C) groups is 1. The third-order valence-electron chi connectivity index (χ3n) is 4.17. The predicted octanol–water partition coefficient (Wildman–Crippen LogP) is 3.72. The molecule has 0 aliphatic carbocycles. The lowest BCUT2D eigenvalue weighted by Gasteiger charge is -2.28. The van der Waals surface area contributed by atoms with Crippen LogP contribution < -0.4 is 5.32 Å². The molecule has 150 valence electrons. The minimum atomic E-state index is -0.620. The number of carbonyl (C=O) groups excluding carboxylic acids is 3. The second-order valence-electron chi connectivity index (χ2n) is 6.20. The minimum absolute atomic E-state index is 0.0634. The molecule has 0 spiro atoms. The lowest BCUT2D eigenvalue weighted by atomic mass is 10.2. The van der Waals surface area contributed by atoms with Gasteiger partial charge < -0.3 is 10.1 Å². The SMILES string of the molecule is COC(=O)c1ccc(N=C2S[C@H](C(=O)Nc3cccc(Cl)c3)CC(=O)N2C)cc1. The van der Waals surface area contributed by atoms with Gasteiger partial charge in [-0.2, -0.15) is 0 Å². The van der Waals surface area contributed by atoms with E-state index in [-0.39, 0.29) is 18.2 Å². The summed E-state index contributed by atoms with van der Waals surface area (Å²) < 4.78 is 4.67. The van der Waals surface area contributed by atoms with Crippen molar-refractivity contribution in [1.29, 1.82) is 0 Å². The summed E-state index contributed by atoms with van der Waals surface area (Å²) in [6, 6.07) is 13.3. The van der Waals surface area contributed by atoms with Crippen molar-refractivity contribution in [3.05, 3.63) is 59.1 Å². The molecule has 7 nitrogen and oxygen atoms in total. The Morgan fingerprint density at radius 1 is 1.24 bits per heavy atom. The normalized spacial score (nSPS) is 17.9. The quantitative estimate of drug-likeness (QED) is 0.745. The predicted molar refractivity (Wildman–Crippen MR) is 114 cm³/mol. The maximum Gasteiger partial charge on any atom is 0.337 e. The summed E-state index contributed by atoms with van der Waals surface area (Å²) in [5.74, 6) is -0.950. The summed E-state index contributed by atoms with van der Waals surface area (Å²) in [5, 5.41) is 3.07. The third kappa shape index (κ3) is 5.16. The zero-order chi connectivity index (χ0) is 21.0. The maximum absolute atomic E-state index is 12.6. The van der Waals surface area contributed by atoms with E-state index in [4.69, 9.17) is 11.6 Å². The van der Waals surface area contributed by atoms with Gasteiger partial charge in [-0.15, -0.1) is 0 Å². The van der Waals surface area contributed by atoms with Crippen molar-refractivity contribution in [1.82, 2.24) is 4.90 Å². The molecule has 1 N–H and O–H groups in total. The topological polar surface area (TPSA) is 88.1 Å². The number of ether oxygens (including phenoxy) is 1. The second kappa shape index (κ2) is 9.11. The van der Waals surface area contributed by atoms with Gasteiger partial charge >= 0.3 is 5.97 Å². The molecule has 0 radical (unpaired) electrons. The summed E-state index contributed by atoms with van der Waals surface area (Å²) in [6.07, 6.45) is 0.0634. The highest BCUT2D eigenvalue weighted by Gasteiger charge is 2.34. The first-order valence-electron chi connectivity index (χ1n) is 8.64. The molecule has 2 aromatic rings. The van der Waals surface area contributed by atoms with Crippen LogP contribution in [0.1, 0.15) is 16.8 Å². The van der Waals surface area contributed by atoms with Gasteiger partial charge in [-0.3, -0.25) is 14.5 Å². The molecule has 0 unspecified atom stereocenters. The fourth-order valence-corrected chi connectivity index (χ4v) is 3.84. The van der Waals surface area contributed by atoms with E-state index in [1.165, 1.54) is 23.8 Å². The molecule has 0 bridgehead atoms.